The molecule has 170 valence electrons. The molecule has 3 aromatic rings. The van der Waals surface area contributed by atoms with Crippen molar-refractivity contribution in [2.24, 2.45) is 5.16 Å². The smallest absolute Gasteiger partial charge is 0.234 e. The molecule has 0 aliphatic carbocycles. The van der Waals surface area contributed by atoms with Crippen molar-refractivity contribution in [2.45, 2.75) is 32.4 Å². The van der Waals surface area contributed by atoms with Gasteiger partial charge in [0.1, 0.15) is 11.5 Å². The van der Waals surface area contributed by atoms with Crippen LogP contribution in [-0.2, 0) is 10.6 Å². The normalized spacial score (nSPS) is 20.9. The molecule has 2 aromatic carbocycles. The molecular weight excluding hydrogens is 416 g/mol. The third-order valence-electron chi connectivity index (χ3n) is 6.36. The van der Waals surface area contributed by atoms with Gasteiger partial charge in [-0.05, 0) is 73.4 Å². The Kier molecular flexibility index (Phi) is 5.32. The lowest BCUT2D eigenvalue weighted by Crippen LogP contribution is -2.46. The molecule has 0 radical (unpaired) electrons. The van der Waals surface area contributed by atoms with Gasteiger partial charge in [0.25, 0.3) is 0 Å². The maximum absolute atomic E-state index is 6.04. The van der Waals surface area contributed by atoms with Gasteiger partial charge in [-0.15, -0.1) is 0 Å². The van der Waals surface area contributed by atoms with Gasteiger partial charge in [0.15, 0.2) is 5.84 Å². The minimum absolute atomic E-state index is 0.637. The van der Waals surface area contributed by atoms with E-state index in [1.807, 2.05) is 42.0 Å². The number of imidazole rings is 1. The van der Waals surface area contributed by atoms with Crippen molar-refractivity contribution < 1.29 is 14.3 Å². The summed E-state index contributed by atoms with van der Waals surface area (Å²) in [4.78, 5) is 12.6. The van der Waals surface area contributed by atoms with Gasteiger partial charge in [0.2, 0.25) is 5.72 Å². The third kappa shape index (κ3) is 3.73. The summed E-state index contributed by atoms with van der Waals surface area (Å²) in [5, 5.41) is 4.52. The summed E-state index contributed by atoms with van der Waals surface area (Å²) < 4.78 is 13.0. The number of hydrogen-bond acceptors (Lipinski definition) is 6. The molecule has 7 heteroatoms. The van der Waals surface area contributed by atoms with Crippen molar-refractivity contribution >= 4 is 11.9 Å². The fourth-order valence-corrected chi connectivity index (χ4v) is 4.52. The number of aryl methyl sites for hydroxylation is 1. The molecule has 2 aliphatic heterocycles. The number of methoxy groups -OCH3 is 2. The highest BCUT2D eigenvalue weighted by molar-refractivity contribution is 6.03. The van der Waals surface area contributed by atoms with E-state index in [0.29, 0.717) is 0 Å². The number of amidine groups is 1. The molecular formula is C26H28N4O3. The Morgan fingerprint density at radius 1 is 1.09 bits per heavy atom. The van der Waals surface area contributed by atoms with E-state index in [1.165, 1.54) is 0 Å². The van der Waals surface area contributed by atoms with Gasteiger partial charge in [-0.25, -0.2) is 4.98 Å². The molecule has 0 spiro atoms. The molecule has 5 rings (SSSR count). The SMILES string of the molecule is COc1ccc(C2(C)ON=C3C(=Cc4ccc(-n5cnc(C)c5)c(OC)c4)CCCN32)cc1. The second-order valence-electron chi connectivity index (χ2n) is 8.50. The molecule has 1 aromatic heterocycles. The van der Waals surface area contributed by atoms with Crippen molar-refractivity contribution in [2.75, 3.05) is 20.8 Å². The first kappa shape index (κ1) is 21.1. The van der Waals surface area contributed by atoms with Gasteiger partial charge in [0, 0.05) is 25.2 Å². The van der Waals surface area contributed by atoms with Gasteiger partial charge in [-0.1, -0.05) is 11.2 Å². The zero-order chi connectivity index (χ0) is 23.0. The van der Waals surface area contributed by atoms with Crippen LogP contribution in [0.2, 0.25) is 0 Å². The summed E-state index contributed by atoms with van der Waals surface area (Å²) in [5.74, 6) is 2.51. The van der Waals surface area contributed by atoms with Gasteiger partial charge < -0.3 is 23.8 Å². The zero-order valence-corrected chi connectivity index (χ0v) is 19.4. The lowest BCUT2D eigenvalue weighted by atomic mass is 9.95. The van der Waals surface area contributed by atoms with E-state index >= 15 is 0 Å². The summed E-state index contributed by atoms with van der Waals surface area (Å²) >= 11 is 0. The molecule has 3 heterocycles. The van der Waals surface area contributed by atoms with Crippen LogP contribution in [0.5, 0.6) is 11.5 Å². The minimum Gasteiger partial charge on any atom is -0.497 e. The quantitative estimate of drug-likeness (QED) is 0.561. The average Bonchev–Trinajstić information content (AvgIpc) is 3.43. The van der Waals surface area contributed by atoms with Crippen molar-refractivity contribution in [1.82, 2.24) is 14.5 Å². The number of piperidine rings is 1. The summed E-state index contributed by atoms with van der Waals surface area (Å²) in [5.41, 5.74) is 4.55. The molecule has 0 N–H and O–H groups in total. The Labute approximate surface area is 193 Å². The number of rotatable bonds is 5. The Morgan fingerprint density at radius 2 is 1.91 bits per heavy atom. The molecule has 1 unspecified atom stereocenters. The number of ether oxygens (including phenoxy) is 2. The van der Waals surface area contributed by atoms with Crippen LogP contribution in [0.4, 0.5) is 0 Å². The second-order valence-corrected chi connectivity index (χ2v) is 8.50. The van der Waals surface area contributed by atoms with Gasteiger partial charge in [0.05, 0.1) is 31.9 Å². The van der Waals surface area contributed by atoms with E-state index in [9.17, 15) is 0 Å². The Morgan fingerprint density at radius 3 is 2.61 bits per heavy atom. The molecule has 1 fully saturated rings. The topological polar surface area (TPSA) is 61.1 Å². The molecule has 7 nitrogen and oxygen atoms in total. The van der Waals surface area contributed by atoms with Crippen molar-refractivity contribution in [3.05, 3.63) is 77.4 Å². The highest BCUT2D eigenvalue weighted by atomic mass is 16.7. The molecule has 0 bridgehead atoms. The van der Waals surface area contributed by atoms with Crippen LogP contribution >= 0.6 is 0 Å². The summed E-state index contributed by atoms with van der Waals surface area (Å²) in [6.45, 7) is 4.93. The van der Waals surface area contributed by atoms with Crippen molar-refractivity contribution in [3.63, 3.8) is 0 Å². The van der Waals surface area contributed by atoms with Crippen LogP contribution in [0.1, 0.15) is 36.6 Å². The van der Waals surface area contributed by atoms with E-state index in [1.54, 1.807) is 20.5 Å². The Hall–Kier alpha value is -3.74. The lowest BCUT2D eigenvalue weighted by molar-refractivity contribution is -0.0913. The number of hydrogen-bond donors (Lipinski definition) is 0. The van der Waals surface area contributed by atoms with Gasteiger partial charge in [-0.3, -0.25) is 0 Å². The number of oxime groups is 1. The van der Waals surface area contributed by atoms with E-state index in [-0.39, 0.29) is 0 Å². The highest BCUT2D eigenvalue weighted by Gasteiger charge is 2.45. The van der Waals surface area contributed by atoms with Crippen LogP contribution in [0.25, 0.3) is 11.8 Å². The first-order valence-electron chi connectivity index (χ1n) is 11.1. The molecule has 0 saturated carbocycles. The standard InChI is InChI=1S/C26H28N4O3/c1-18-16-29(17-27-18)23-12-7-19(15-24(23)32-4)14-20-6-5-13-30-25(20)28-33-26(30,2)21-8-10-22(31-3)11-9-21/h7-12,14-17H,5-6,13H2,1-4H3. The van der Waals surface area contributed by atoms with E-state index in [2.05, 4.69) is 46.2 Å². The number of benzene rings is 2. The third-order valence-corrected chi connectivity index (χ3v) is 6.36. The first-order valence-corrected chi connectivity index (χ1v) is 11.1. The maximum Gasteiger partial charge on any atom is 0.234 e. The molecule has 1 saturated heterocycles. The van der Waals surface area contributed by atoms with Crippen LogP contribution in [0.3, 0.4) is 0 Å². The predicted molar refractivity (Wildman–Crippen MR) is 128 cm³/mol. The first-order chi connectivity index (χ1) is 16.0. The number of nitrogens with zero attached hydrogens (tertiary/aromatic N) is 4. The Balaban J connectivity index is 1.44. The zero-order valence-electron chi connectivity index (χ0n) is 19.4. The fourth-order valence-electron chi connectivity index (χ4n) is 4.52. The second kappa shape index (κ2) is 8.31. The minimum atomic E-state index is -0.637. The van der Waals surface area contributed by atoms with Gasteiger partial charge >= 0.3 is 0 Å². The summed E-state index contributed by atoms with van der Waals surface area (Å²) in [6, 6.07) is 14.2. The van der Waals surface area contributed by atoms with E-state index in [4.69, 9.17) is 14.3 Å². The predicted octanol–water partition coefficient (Wildman–Crippen LogP) is 4.89. The highest BCUT2D eigenvalue weighted by Crippen LogP contribution is 2.40. The van der Waals surface area contributed by atoms with Crippen LogP contribution in [-0.4, -0.2) is 41.1 Å². The summed E-state index contributed by atoms with van der Waals surface area (Å²) in [6.07, 6.45) is 7.94. The maximum atomic E-state index is 6.04. The fraction of sp³-hybridized carbons (Fsp3) is 0.308. The monoisotopic (exact) mass is 444 g/mol. The average molecular weight is 445 g/mol. The van der Waals surface area contributed by atoms with Crippen LogP contribution in [0.15, 0.2) is 65.7 Å². The van der Waals surface area contributed by atoms with Gasteiger partial charge in [-0.2, -0.15) is 0 Å². The molecule has 2 aliphatic rings. The lowest BCUT2D eigenvalue weighted by Gasteiger charge is -2.37. The van der Waals surface area contributed by atoms with E-state index in [0.717, 1.165) is 64.8 Å². The molecule has 1 atom stereocenters. The number of fused-ring (bicyclic) bond motifs is 1. The summed E-state index contributed by atoms with van der Waals surface area (Å²) in [7, 11) is 3.36. The number of aromatic nitrogens is 2. The van der Waals surface area contributed by atoms with Crippen LogP contribution < -0.4 is 9.47 Å². The van der Waals surface area contributed by atoms with Crippen molar-refractivity contribution in [1.29, 1.82) is 0 Å². The Bertz CT molecular complexity index is 1230. The molecule has 33 heavy (non-hydrogen) atoms. The van der Waals surface area contributed by atoms with Crippen molar-refractivity contribution in [3.8, 4) is 17.2 Å². The molecule has 0 amide bonds. The van der Waals surface area contributed by atoms with Crippen LogP contribution in [0, 0.1) is 6.92 Å². The largest absolute Gasteiger partial charge is 0.497 e. The van der Waals surface area contributed by atoms with E-state index < -0.39 is 5.72 Å².